The summed E-state index contributed by atoms with van der Waals surface area (Å²) in [5, 5.41) is 9.28. The first-order valence-electron chi connectivity index (χ1n) is 8.24. The van der Waals surface area contributed by atoms with Crippen molar-refractivity contribution in [2.24, 2.45) is 0 Å². The number of hydrogen-bond donors (Lipinski definition) is 2. The number of anilines is 1. The van der Waals surface area contributed by atoms with Crippen molar-refractivity contribution < 1.29 is 27.1 Å². The molecule has 0 fully saturated rings. The van der Waals surface area contributed by atoms with Gasteiger partial charge in [0.1, 0.15) is 17.2 Å². The molecule has 0 spiro atoms. The highest BCUT2D eigenvalue weighted by molar-refractivity contribution is 5.98. The van der Waals surface area contributed by atoms with Gasteiger partial charge in [0.25, 0.3) is 5.91 Å². The molecule has 2 N–H and O–H groups in total. The maximum atomic E-state index is 13.6. The van der Waals surface area contributed by atoms with Crippen LogP contribution in [0, 0.1) is 5.82 Å². The first-order valence-corrected chi connectivity index (χ1v) is 8.24. The van der Waals surface area contributed by atoms with Gasteiger partial charge in [-0.3, -0.25) is 4.79 Å². The normalized spacial score (nSPS) is 19.3. The zero-order chi connectivity index (χ0) is 19.6. The Balaban J connectivity index is 1.93. The average Bonchev–Trinajstić information content (AvgIpc) is 3.04. The third kappa shape index (κ3) is 4.05. The predicted octanol–water partition coefficient (Wildman–Crippen LogP) is 3.06. The van der Waals surface area contributed by atoms with Crippen molar-refractivity contribution in [3.05, 3.63) is 47.4 Å². The average molecular weight is 386 g/mol. The molecule has 0 unspecified atom stereocenters. The highest BCUT2D eigenvalue weighted by Gasteiger charge is 2.47. The van der Waals surface area contributed by atoms with E-state index >= 15 is 0 Å². The number of halogens is 4. The van der Waals surface area contributed by atoms with Gasteiger partial charge in [-0.2, -0.15) is 18.3 Å². The second-order valence-electron chi connectivity index (χ2n) is 6.14. The highest BCUT2D eigenvalue weighted by Crippen LogP contribution is 2.44. The molecule has 6 nitrogen and oxygen atoms in total. The smallest absolute Gasteiger partial charge is 0.383 e. The lowest BCUT2D eigenvalue weighted by Crippen LogP contribution is -2.36. The van der Waals surface area contributed by atoms with Gasteiger partial charge < -0.3 is 15.4 Å². The highest BCUT2D eigenvalue weighted by atomic mass is 19.4. The molecule has 2 atom stereocenters. The first-order chi connectivity index (χ1) is 12.8. The van der Waals surface area contributed by atoms with Gasteiger partial charge in [0.2, 0.25) is 0 Å². The second-order valence-corrected chi connectivity index (χ2v) is 6.14. The van der Waals surface area contributed by atoms with Crippen molar-refractivity contribution in [1.29, 1.82) is 0 Å². The molecule has 10 heteroatoms. The van der Waals surface area contributed by atoms with Crippen LogP contribution >= 0.6 is 0 Å². The minimum absolute atomic E-state index is 0.00663. The van der Waals surface area contributed by atoms with Gasteiger partial charge in [0.05, 0.1) is 18.8 Å². The molecule has 2 aromatic rings. The number of rotatable bonds is 5. The summed E-state index contributed by atoms with van der Waals surface area (Å²) in [6.45, 7) is 0.482. The number of carbonyl (C=O) groups is 1. The van der Waals surface area contributed by atoms with Crippen molar-refractivity contribution in [2.45, 2.75) is 24.7 Å². The summed E-state index contributed by atoms with van der Waals surface area (Å²) in [6.07, 6.45) is -3.77. The Bertz CT molecular complexity index is 804. The van der Waals surface area contributed by atoms with E-state index in [9.17, 15) is 22.4 Å². The lowest BCUT2D eigenvalue weighted by atomic mass is 9.96. The molecule has 3 rings (SSSR count). The Labute approximate surface area is 152 Å². The van der Waals surface area contributed by atoms with E-state index in [1.54, 1.807) is 0 Å². The number of alkyl halides is 3. The largest absolute Gasteiger partial charge is 0.410 e. The topological polar surface area (TPSA) is 68.2 Å². The number of hydrogen-bond acceptors (Lipinski definition) is 4. The zero-order valence-corrected chi connectivity index (χ0v) is 14.4. The molecule has 0 saturated heterocycles. The Hall–Kier alpha value is -2.62. The SMILES string of the molecule is COCCNC(=O)c1cnn2c1N[C@H](c1ccc(F)cc1)C[C@@H]2C(F)(F)F. The molecule has 2 heterocycles. The summed E-state index contributed by atoms with van der Waals surface area (Å²) in [4.78, 5) is 12.3. The Kier molecular flexibility index (Phi) is 5.36. The van der Waals surface area contributed by atoms with Crippen LogP contribution in [0.15, 0.2) is 30.5 Å². The molecule has 1 aliphatic heterocycles. The van der Waals surface area contributed by atoms with Gasteiger partial charge in [-0.25, -0.2) is 9.07 Å². The number of benzene rings is 1. The molecular formula is C17H18F4N4O2. The van der Waals surface area contributed by atoms with Crippen LogP contribution in [0.5, 0.6) is 0 Å². The van der Waals surface area contributed by atoms with E-state index in [1.165, 1.54) is 31.4 Å². The van der Waals surface area contributed by atoms with E-state index in [1.807, 2.05) is 0 Å². The van der Waals surface area contributed by atoms with Gasteiger partial charge in [0.15, 0.2) is 6.04 Å². The molecule has 0 saturated carbocycles. The quantitative estimate of drug-likeness (QED) is 0.612. The van der Waals surface area contributed by atoms with Crippen LogP contribution in [0.4, 0.5) is 23.4 Å². The number of ether oxygens (including phenoxy) is 1. The number of fused-ring (bicyclic) bond motifs is 1. The summed E-state index contributed by atoms with van der Waals surface area (Å²) in [5.74, 6) is -1.06. The molecule has 0 bridgehead atoms. The second kappa shape index (κ2) is 7.55. The summed E-state index contributed by atoms with van der Waals surface area (Å²) in [6, 6.07) is 2.57. The molecule has 146 valence electrons. The Morgan fingerprint density at radius 2 is 2.07 bits per heavy atom. The van der Waals surface area contributed by atoms with E-state index in [0.717, 1.165) is 10.9 Å². The third-order valence-corrected chi connectivity index (χ3v) is 4.35. The molecule has 27 heavy (non-hydrogen) atoms. The number of nitrogens with one attached hydrogen (secondary N) is 2. The maximum Gasteiger partial charge on any atom is 0.410 e. The first kappa shape index (κ1) is 19.2. The Morgan fingerprint density at radius 1 is 1.37 bits per heavy atom. The van der Waals surface area contributed by atoms with Crippen LogP contribution in [0.1, 0.15) is 34.4 Å². The van der Waals surface area contributed by atoms with E-state index in [2.05, 4.69) is 15.7 Å². The summed E-state index contributed by atoms with van der Waals surface area (Å²) >= 11 is 0. The van der Waals surface area contributed by atoms with Crippen LogP contribution < -0.4 is 10.6 Å². The van der Waals surface area contributed by atoms with Crippen molar-refractivity contribution in [3.8, 4) is 0 Å². The van der Waals surface area contributed by atoms with E-state index < -0.39 is 30.0 Å². The Morgan fingerprint density at radius 3 is 2.70 bits per heavy atom. The summed E-state index contributed by atoms with van der Waals surface area (Å²) in [5.41, 5.74) is 0.496. The van der Waals surface area contributed by atoms with Crippen LogP contribution in [0.3, 0.4) is 0 Å². The maximum absolute atomic E-state index is 13.6. The van der Waals surface area contributed by atoms with Crippen molar-refractivity contribution in [1.82, 2.24) is 15.1 Å². The fourth-order valence-corrected chi connectivity index (χ4v) is 3.00. The van der Waals surface area contributed by atoms with Gasteiger partial charge in [-0.05, 0) is 17.7 Å². The standard InChI is InChI=1S/C17H18F4N4O2/c1-27-7-6-22-16(26)12-9-23-25-14(17(19,20)21)8-13(24-15(12)25)10-2-4-11(18)5-3-10/h2-5,9,13-14,24H,6-8H2,1H3,(H,22,26)/t13-,14+/m0/s1. The summed E-state index contributed by atoms with van der Waals surface area (Å²) in [7, 11) is 1.47. The van der Waals surface area contributed by atoms with Gasteiger partial charge in [-0.1, -0.05) is 12.1 Å². The molecule has 1 amide bonds. The fourth-order valence-electron chi connectivity index (χ4n) is 3.00. The van der Waals surface area contributed by atoms with Gasteiger partial charge >= 0.3 is 6.18 Å². The fraction of sp³-hybridized carbons (Fsp3) is 0.412. The van der Waals surface area contributed by atoms with E-state index in [4.69, 9.17) is 4.74 Å². The number of carbonyl (C=O) groups excluding carboxylic acids is 1. The number of aromatic nitrogens is 2. The number of methoxy groups -OCH3 is 1. The lowest BCUT2D eigenvalue weighted by molar-refractivity contribution is -0.173. The minimum atomic E-state index is -4.55. The lowest BCUT2D eigenvalue weighted by Gasteiger charge is -2.34. The van der Waals surface area contributed by atoms with Crippen molar-refractivity contribution >= 4 is 11.7 Å². The molecule has 0 aliphatic carbocycles. The third-order valence-electron chi connectivity index (χ3n) is 4.35. The summed E-state index contributed by atoms with van der Waals surface area (Å²) < 4.78 is 59.5. The number of nitrogens with zero attached hydrogens (tertiary/aromatic N) is 2. The van der Waals surface area contributed by atoms with Crippen molar-refractivity contribution in [2.75, 3.05) is 25.6 Å². The molecule has 0 radical (unpaired) electrons. The predicted molar refractivity (Wildman–Crippen MR) is 88.9 cm³/mol. The van der Waals surface area contributed by atoms with E-state index in [0.29, 0.717) is 5.56 Å². The van der Waals surface area contributed by atoms with Gasteiger partial charge in [-0.15, -0.1) is 0 Å². The van der Waals surface area contributed by atoms with Crippen molar-refractivity contribution in [3.63, 3.8) is 0 Å². The van der Waals surface area contributed by atoms with Crippen LogP contribution in [0.2, 0.25) is 0 Å². The van der Waals surface area contributed by atoms with Crippen LogP contribution in [-0.4, -0.2) is 42.1 Å². The van der Waals surface area contributed by atoms with E-state index in [-0.39, 0.29) is 31.0 Å². The minimum Gasteiger partial charge on any atom is -0.383 e. The monoisotopic (exact) mass is 386 g/mol. The van der Waals surface area contributed by atoms with Gasteiger partial charge in [0, 0.05) is 20.1 Å². The molecule has 1 aliphatic rings. The molecule has 1 aromatic carbocycles. The number of amides is 1. The molecular weight excluding hydrogens is 368 g/mol. The van der Waals surface area contributed by atoms with Crippen LogP contribution in [0.25, 0.3) is 0 Å². The molecule has 1 aromatic heterocycles. The van der Waals surface area contributed by atoms with Crippen LogP contribution in [-0.2, 0) is 4.74 Å². The zero-order valence-electron chi connectivity index (χ0n) is 14.4.